The first kappa shape index (κ1) is 14.3. The Balaban J connectivity index is 2.68. The molecule has 0 saturated carbocycles. The first-order valence-corrected chi connectivity index (χ1v) is 5.64. The topological polar surface area (TPSA) is 38.3 Å². The SMILES string of the molecule is CC#CC(=O)NCC(F)c1ccc(Cl)c(OC)c1. The van der Waals surface area contributed by atoms with Crippen LogP contribution in [0.1, 0.15) is 18.7 Å². The van der Waals surface area contributed by atoms with Crippen molar-refractivity contribution in [1.29, 1.82) is 0 Å². The van der Waals surface area contributed by atoms with E-state index in [1.807, 2.05) is 0 Å². The molecule has 0 heterocycles. The first-order chi connectivity index (χ1) is 8.58. The standard InChI is InChI=1S/C13H13ClFNO2/c1-3-4-13(17)16-8-11(15)9-5-6-10(14)12(7-9)18-2/h5-7,11H,8H2,1-2H3,(H,16,17). The fraction of sp³-hybridized carbons (Fsp3) is 0.308. The molecule has 1 atom stereocenters. The van der Waals surface area contributed by atoms with Crippen molar-refractivity contribution >= 4 is 17.5 Å². The van der Waals surface area contributed by atoms with Crippen LogP contribution in [0.4, 0.5) is 4.39 Å². The van der Waals surface area contributed by atoms with Gasteiger partial charge in [0.2, 0.25) is 0 Å². The van der Waals surface area contributed by atoms with Crippen LogP contribution in [0, 0.1) is 11.8 Å². The monoisotopic (exact) mass is 269 g/mol. The molecule has 0 spiro atoms. The van der Waals surface area contributed by atoms with E-state index in [0.29, 0.717) is 16.3 Å². The number of alkyl halides is 1. The van der Waals surface area contributed by atoms with Gasteiger partial charge in [-0.2, -0.15) is 0 Å². The summed E-state index contributed by atoms with van der Waals surface area (Å²) in [6.07, 6.45) is -1.33. The van der Waals surface area contributed by atoms with Gasteiger partial charge in [0.1, 0.15) is 11.9 Å². The van der Waals surface area contributed by atoms with E-state index >= 15 is 0 Å². The Morgan fingerprint density at radius 3 is 2.94 bits per heavy atom. The molecule has 1 N–H and O–H groups in total. The van der Waals surface area contributed by atoms with Gasteiger partial charge >= 0.3 is 0 Å². The van der Waals surface area contributed by atoms with Gasteiger partial charge in [0.05, 0.1) is 18.7 Å². The van der Waals surface area contributed by atoms with Crippen LogP contribution in [-0.4, -0.2) is 19.6 Å². The van der Waals surface area contributed by atoms with Gasteiger partial charge in [0.15, 0.2) is 0 Å². The van der Waals surface area contributed by atoms with E-state index in [1.54, 1.807) is 12.1 Å². The average Bonchev–Trinajstić information content (AvgIpc) is 2.37. The van der Waals surface area contributed by atoms with E-state index in [2.05, 4.69) is 17.2 Å². The van der Waals surface area contributed by atoms with Crippen molar-refractivity contribution in [2.45, 2.75) is 13.1 Å². The second-order valence-electron chi connectivity index (χ2n) is 3.45. The van der Waals surface area contributed by atoms with Crippen LogP contribution in [0.5, 0.6) is 5.75 Å². The molecule has 1 unspecified atom stereocenters. The molecule has 3 nitrogen and oxygen atoms in total. The number of carbonyl (C=O) groups excluding carboxylic acids is 1. The van der Waals surface area contributed by atoms with Crippen molar-refractivity contribution < 1.29 is 13.9 Å². The maximum atomic E-state index is 13.8. The number of methoxy groups -OCH3 is 1. The van der Waals surface area contributed by atoms with Crippen LogP contribution in [0.3, 0.4) is 0 Å². The van der Waals surface area contributed by atoms with Gasteiger partial charge in [-0.1, -0.05) is 23.6 Å². The Morgan fingerprint density at radius 1 is 1.61 bits per heavy atom. The number of nitrogens with one attached hydrogen (secondary N) is 1. The lowest BCUT2D eigenvalue weighted by atomic mass is 10.1. The summed E-state index contributed by atoms with van der Waals surface area (Å²) in [4.78, 5) is 11.1. The molecule has 18 heavy (non-hydrogen) atoms. The molecule has 0 bridgehead atoms. The lowest BCUT2D eigenvalue weighted by Crippen LogP contribution is -2.25. The highest BCUT2D eigenvalue weighted by Crippen LogP contribution is 2.28. The molecule has 0 aliphatic heterocycles. The summed E-state index contributed by atoms with van der Waals surface area (Å²) in [6.45, 7) is 1.40. The lowest BCUT2D eigenvalue weighted by Gasteiger charge is -2.11. The summed E-state index contributed by atoms with van der Waals surface area (Å²) in [5.74, 6) is 4.61. The second-order valence-corrected chi connectivity index (χ2v) is 3.85. The van der Waals surface area contributed by atoms with Gasteiger partial charge in [-0.3, -0.25) is 4.79 Å². The summed E-state index contributed by atoms with van der Waals surface area (Å²) in [5, 5.41) is 2.78. The number of hydrogen-bond donors (Lipinski definition) is 1. The zero-order valence-electron chi connectivity index (χ0n) is 10.1. The largest absolute Gasteiger partial charge is 0.495 e. The van der Waals surface area contributed by atoms with Crippen LogP contribution in [0.25, 0.3) is 0 Å². The molecule has 1 rings (SSSR count). The smallest absolute Gasteiger partial charge is 0.295 e. The van der Waals surface area contributed by atoms with Gasteiger partial charge < -0.3 is 10.1 Å². The molecule has 96 valence electrons. The van der Waals surface area contributed by atoms with Crippen LogP contribution in [-0.2, 0) is 4.79 Å². The van der Waals surface area contributed by atoms with E-state index in [0.717, 1.165) is 0 Å². The van der Waals surface area contributed by atoms with Gasteiger partial charge in [0, 0.05) is 0 Å². The average molecular weight is 270 g/mol. The fourth-order valence-corrected chi connectivity index (χ4v) is 1.52. The fourth-order valence-electron chi connectivity index (χ4n) is 1.33. The zero-order valence-corrected chi connectivity index (χ0v) is 10.8. The summed E-state index contributed by atoms with van der Waals surface area (Å²) < 4.78 is 18.8. The Hall–Kier alpha value is -1.73. The molecule has 0 aliphatic carbocycles. The van der Waals surface area contributed by atoms with E-state index in [4.69, 9.17) is 16.3 Å². The maximum Gasteiger partial charge on any atom is 0.295 e. The summed E-state index contributed by atoms with van der Waals surface area (Å²) in [7, 11) is 1.46. The van der Waals surface area contributed by atoms with E-state index in [-0.39, 0.29) is 6.54 Å². The number of hydrogen-bond acceptors (Lipinski definition) is 2. The Morgan fingerprint density at radius 2 is 2.33 bits per heavy atom. The molecule has 0 fully saturated rings. The lowest BCUT2D eigenvalue weighted by molar-refractivity contribution is -0.115. The molecule has 1 aromatic carbocycles. The summed E-state index contributed by atoms with van der Waals surface area (Å²) in [5.41, 5.74) is 0.390. The Kier molecular flexibility index (Phi) is 5.47. The van der Waals surface area contributed by atoms with Crippen molar-refractivity contribution in [3.05, 3.63) is 28.8 Å². The molecular formula is C13H13ClFNO2. The molecule has 0 radical (unpaired) electrons. The van der Waals surface area contributed by atoms with Crippen LogP contribution < -0.4 is 10.1 Å². The molecular weight excluding hydrogens is 257 g/mol. The predicted octanol–water partition coefficient (Wildman–Crippen LogP) is 2.50. The third-order valence-electron chi connectivity index (χ3n) is 2.22. The predicted molar refractivity (Wildman–Crippen MR) is 68.3 cm³/mol. The highest BCUT2D eigenvalue weighted by molar-refractivity contribution is 6.32. The zero-order chi connectivity index (χ0) is 13.5. The molecule has 0 aromatic heterocycles. The third kappa shape index (κ3) is 3.94. The number of amides is 1. The normalized spacial score (nSPS) is 11.1. The highest BCUT2D eigenvalue weighted by atomic mass is 35.5. The minimum Gasteiger partial charge on any atom is -0.495 e. The van der Waals surface area contributed by atoms with Gasteiger partial charge in [-0.25, -0.2) is 4.39 Å². The van der Waals surface area contributed by atoms with E-state index in [9.17, 15) is 9.18 Å². The number of rotatable bonds is 4. The molecule has 5 heteroatoms. The van der Waals surface area contributed by atoms with Crippen LogP contribution in [0.2, 0.25) is 5.02 Å². The van der Waals surface area contributed by atoms with Gasteiger partial charge in [-0.15, -0.1) is 0 Å². The van der Waals surface area contributed by atoms with Crippen LogP contribution >= 0.6 is 11.6 Å². The van der Waals surface area contributed by atoms with Gasteiger partial charge in [-0.05, 0) is 30.5 Å². The second kappa shape index (κ2) is 6.87. The minimum absolute atomic E-state index is 0.141. The number of carbonyl (C=O) groups is 1. The molecule has 0 aliphatic rings. The minimum atomic E-state index is -1.33. The summed E-state index contributed by atoms with van der Waals surface area (Å²) >= 11 is 5.83. The maximum absolute atomic E-state index is 13.8. The number of ether oxygens (including phenoxy) is 1. The Labute approximate surface area is 110 Å². The van der Waals surface area contributed by atoms with E-state index in [1.165, 1.54) is 20.1 Å². The third-order valence-corrected chi connectivity index (χ3v) is 2.53. The van der Waals surface area contributed by atoms with Crippen LogP contribution in [0.15, 0.2) is 18.2 Å². The highest BCUT2D eigenvalue weighted by Gasteiger charge is 2.13. The van der Waals surface area contributed by atoms with Crippen molar-refractivity contribution in [2.75, 3.05) is 13.7 Å². The van der Waals surface area contributed by atoms with Crippen molar-refractivity contribution in [3.63, 3.8) is 0 Å². The van der Waals surface area contributed by atoms with Crippen molar-refractivity contribution in [1.82, 2.24) is 5.32 Å². The molecule has 1 amide bonds. The summed E-state index contributed by atoms with van der Waals surface area (Å²) in [6, 6.07) is 4.60. The Bertz CT molecular complexity index is 493. The van der Waals surface area contributed by atoms with Crippen molar-refractivity contribution in [2.24, 2.45) is 0 Å². The van der Waals surface area contributed by atoms with Crippen molar-refractivity contribution in [3.8, 4) is 17.6 Å². The van der Waals surface area contributed by atoms with Gasteiger partial charge in [0.25, 0.3) is 5.91 Å². The molecule has 1 aromatic rings. The first-order valence-electron chi connectivity index (χ1n) is 5.26. The quantitative estimate of drug-likeness (QED) is 0.853. The van der Waals surface area contributed by atoms with E-state index < -0.39 is 12.1 Å². The molecule has 0 saturated heterocycles. The number of benzene rings is 1. The number of halogens is 2.